The number of rotatable bonds is 5. The second-order valence-corrected chi connectivity index (χ2v) is 16.3. The van der Waals surface area contributed by atoms with Crippen LogP contribution in [0.5, 0.6) is 0 Å². The number of hydrogen-bond donors (Lipinski definition) is 0. The van der Waals surface area contributed by atoms with Gasteiger partial charge in [-0.25, -0.2) is 0 Å². The third-order valence-electron chi connectivity index (χ3n) is 13.3. The van der Waals surface area contributed by atoms with Gasteiger partial charge in [0.1, 0.15) is 0 Å². The third-order valence-corrected chi connectivity index (χ3v) is 13.3. The average Bonchev–Trinajstić information content (AvgIpc) is 3.97. The Morgan fingerprint density at radius 2 is 0.677 bits per heavy atom. The van der Waals surface area contributed by atoms with Crippen LogP contribution < -0.4 is 5.43 Å². The van der Waals surface area contributed by atoms with E-state index in [0.29, 0.717) is 10.8 Å². The molecule has 9 aromatic carbocycles. The molecule has 1 aliphatic carbocycles. The van der Waals surface area contributed by atoms with Gasteiger partial charge in [-0.2, -0.15) is 0 Å². The van der Waals surface area contributed by atoms with Crippen LogP contribution in [0.1, 0.15) is 22.3 Å². The first-order valence-electron chi connectivity index (χ1n) is 21.2. The molecule has 0 atom stereocenters. The highest BCUT2D eigenvalue weighted by molar-refractivity contribution is 6.20. The van der Waals surface area contributed by atoms with Crippen LogP contribution in [-0.2, 0) is 5.41 Å². The molecule has 0 aliphatic heterocycles. The monoisotopic (exact) mass is 791 g/mol. The highest BCUT2D eigenvalue weighted by atomic mass is 16.1. The summed E-state index contributed by atoms with van der Waals surface area (Å²) in [6.07, 6.45) is 0. The van der Waals surface area contributed by atoms with Crippen molar-refractivity contribution < 1.29 is 0 Å². The highest BCUT2D eigenvalue weighted by Crippen LogP contribution is 2.60. The molecule has 13 rings (SSSR count). The predicted octanol–water partition coefficient (Wildman–Crippen LogP) is 13.5. The second-order valence-electron chi connectivity index (χ2n) is 16.3. The summed E-state index contributed by atoms with van der Waals surface area (Å²) < 4.78 is 7.32. The molecule has 0 fully saturated rings. The molecule has 3 aromatic heterocycles. The molecule has 0 unspecified atom stereocenters. The van der Waals surface area contributed by atoms with Crippen molar-refractivity contribution in [2.75, 3.05) is 0 Å². The zero-order valence-corrected chi connectivity index (χ0v) is 33.6. The number of para-hydroxylation sites is 5. The van der Waals surface area contributed by atoms with Crippen LogP contribution >= 0.6 is 0 Å². The molecular formula is C58H37N3O. The van der Waals surface area contributed by atoms with Gasteiger partial charge in [0.2, 0.25) is 0 Å². The van der Waals surface area contributed by atoms with Crippen molar-refractivity contribution >= 4 is 54.6 Å². The first-order valence-corrected chi connectivity index (χ1v) is 21.2. The summed E-state index contributed by atoms with van der Waals surface area (Å²) >= 11 is 0. The smallest absolute Gasteiger partial charge is 0.197 e. The minimum Gasteiger partial charge on any atom is -0.309 e. The Hall–Kier alpha value is -8.21. The topological polar surface area (TPSA) is 31.9 Å². The van der Waals surface area contributed by atoms with Gasteiger partial charge in [-0.15, -0.1) is 0 Å². The molecule has 3 heterocycles. The maximum atomic E-state index is 14.2. The van der Waals surface area contributed by atoms with Crippen molar-refractivity contribution in [3.63, 3.8) is 0 Å². The van der Waals surface area contributed by atoms with Crippen molar-refractivity contribution in [2.24, 2.45) is 0 Å². The van der Waals surface area contributed by atoms with Crippen LogP contribution in [0.2, 0.25) is 0 Å². The molecule has 12 aromatic rings. The van der Waals surface area contributed by atoms with Crippen LogP contribution in [0.4, 0.5) is 0 Å². The molecule has 1 aliphatic rings. The van der Waals surface area contributed by atoms with E-state index in [-0.39, 0.29) is 5.43 Å². The van der Waals surface area contributed by atoms with Crippen LogP contribution in [0.15, 0.2) is 229 Å². The van der Waals surface area contributed by atoms with E-state index in [9.17, 15) is 4.79 Å². The maximum Gasteiger partial charge on any atom is 0.197 e. The zero-order valence-electron chi connectivity index (χ0n) is 33.6. The van der Waals surface area contributed by atoms with Crippen molar-refractivity contribution in [2.45, 2.75) is 5.41 Å². The zero-order chi connectivity index (χ0) is 40.9. The van der Waals surface area contributed by atoms with Gasteiger partial charge in [-0.05, 0) is 82.9 Å². The van der Waals surface area contributed by atoms with E-state index in [2.05, 4.69) is 202 Å². The lowest BCUT2D eigenvalue weighted by molar-refractivity contribution is 0.755. The molecule has 0 saturated heterocycles. The molecular weight excluding hydrogens is 755 g/mol. The third kappa shape index (κ3) is 4.53. The number of aromatic nitrogens is 3. The van der Waals surface area contributed by atoms with Crippen LogP contribution in [0.3, 0.4) is 0 Å². The fraction of sp³-hybridized carbons (Fsp3) is 0.0172. The Balaban J connectivity index is 1.24. The highest BCUT2D eigenvalue weighted by Gasteiger charge is 2.50. The van der Waals surface area contributed by atoms with Crippen LogP contribution in [0.25, 0.3) is 82.8 Å². The van der Waals surface area contributed by atoms with E-state index >= 15 is 0 Å². The lowest BCUT2D eigenvalue weighted by Crippen LogP contribution is -2.31. The van der Waals surface area contributed by atoms with Gasteiger partial charge in [0.25, 0.3) is 0 Å². The van der Waals surface area contributed by atoms with E-state index in [0.717, 1.165) is 39.1 Å². The summed E-state index contributed by atoms with van der Waals surface area (Å²) in [7, 11) is 0. The standard InChI is InChI=1S/C58H37N3O/c62-57-45-28-12-16-34-49(45)60(50-35-17-13-29-46(50)57)51-36-18-30-41-42-31-19-37-52(54(42)58(53(41)51,38-20-4-1-5-21-38)39-22-6-2-7-23-39)61-48-33-15-11-27-44(48)55-56(61)43-26-10-14-32-47(43)59(55)40-24-8-3-9-25-40/h1-37H. The lowest BCUT2D eigenvalue weighted by Gasteiger charge is -2.37. The van der Waals surface area contributed by atoms with Gasteiger partial charge in [0, 0.05) is 38.4 Å². The van der Waals surface area contributed by atoms with Crippen LogP contribution in [-0.4, -0.2) is 13.7 Å². The average molecular weight is 792 g/mol. The first kappa shape index (κ1) is 34.6. The SMILES string of the molecule is O=c1c2ccccc2n(-c2cccc3c2C(c2ccccc2)(c2ccccc2)c2c-3cccc2-n2c3ccccc3c3c2c2ccccc2n3-c2ccccc2)c2ccccc12. The van der Waals surface area contributed by atoms with E-state index in [4.69, 9.17) is 0 Å². The summed E-state index contributed by atoms with van der Waals surface area (Å²) in [5.41, 5.74) is 16.0. The van der Waals surface area contributed by atoms with E-state index in [1.807, 2.05) is 36.4 Å². The minimum absolute atomic E-state index is 0.0427. The largest absolute Gasteiger partial charge is 0.309 e. The first-order chi connectivity index (χ1) is 30.7. The summed E-state index contributed by atoms with van der Waals surface area (Å²) in [5.74, 6) is 0. The van der Waals surface area contributed by atoms with Gasteiger partial charge in [-0.3, -0.25) is 4.79 Å². The molecule has 4 heteroatoms. The number of benzene rings is 9. The number of hydrogen-bond acceptors (Lipinski definition) is 1. The van der Waals surface area contributed by atoms with Gasteiger partial charge in [0.15, 0.2) is 5.43 Å². The molecule has 4 nitrogen and oxygen atoms in total. The van der Waals surface area contributed by atoms with Gasteiger partial charge in [-0.1, -0.05) is 164 Å². The molecule has 0 saturated carbocycles. The van der Waals surface area contributed by atoms with Gasteiger partial charge < -0.3 is 13.7 Å². The molecule has 0 bridgehead atoms. The molecule has 0 N–H and O–H groups in total. The summed E-state index contributed by atoms with van der Waals surface area (Å²) in [5, 5.41) is 3.77. The molecule has 290 valence electrons. The number of pyridine rings is 1. The van der Waals surface area contributed by atoms with Crippen molar-refractivity contribution in [1.29, 1.82) is 0 Å². The van der Waals surface area contributed by atoms with E-state index in [1.165, 1.54) is 55.2 Å². The molecule has 0 amide bonds. The molecule has 0 spiro atoms. The fourth-order valence-electron chi connectivity index (χ4n) is 11.0. The van der Waals surface area contributed by atoms with Gasteiger partial charge >= 0.3 is 0 Å². The lowest BCUT2D eigenvalue weighted by atomic mass is 9.66. The Morgan fingerprint density at radius 3 is 1.18 bits per heavy atom. The quantitative estimate of drug-likeness (QED) is 0.160. The summed E-state index contributed by atoms with van der Waals surface area (Å²) in [4.78, 5) is 14.2. The van der Waals surface area contributed by atoms with E-state index < -0.39 is 5.41 Å². The Morgan fingerprint density at radius 1 is 0.306 bits per heavy atom. The predicted molar refractivity (Wildman–Crippen MR) is 256 cm³/mol. The second kappa shape index (κ2) is 13.1. The number of fused-ring (bicyclic) bond motifs is 10. The van der Waals surface area contributed by atoms with Gasteiger partial charge in [0.05, 0.1) is 49.9 Å². The van der Waals surface area contributed by atoms with Crippen LogP contribution in [0, 0.1) is 0 Å². The summed E-state index contributed by atoms with van der Waals surface area (Å²) in [6, 6.07) is 80.3. The van der Waals surface area contributed by atoms with Crippen molar-refractivity contribution in [3.8, 4) is 28.2 Å². The van der Waals surface area contributed by atoms with Crippen molar-refractivity contribution in [3.05, 3.63) is 257 Å². The Bertz CT molecular complexity index is 3710. The maximum absolute atomic E-state index is 14.2. The minimum atomic E-state index is -0.804. The van der Waals surface area contributed by atoms with E-state index in [1.54, 1.807) is 0 Å². The molecule has 62 heavy (non-hydrogen) atoms. The normalized spacial score (nSPS) is 13.0. The summed E-state index contributed by atoms with van der Waals surface area (Å²) in [6.45, 7) is 0. The van der Waals surface area contributed by atoms with Crippen molar-refractivity contribution in [1.82, 2.24) is 13.7 Å². The number of nitrogens with zero attached hydrogens (tertiary/aromatic N) is 3. The molecule has 0 radical (unpaired) electrons. The Labute approximate surface area is 357 Å². The fourth-order valence-corrected chi connectivity index (χ4v) is 11.0. The Kier molecular flexibility index (Phi) is 7.34.